The summed E-state index contributed by atoms with van der Waals surface area (Å²) in [6.45, 7) is 2.03. The highest BCUT2D eigenvalue weighted by Crippen LogP contribution is 2.35. The molecular weight excluding hydrogens is 330 g/mol. The van der Waals surface area contributed by atoms with Crippen molar-refractivity contribution in [3.8, 4) is 0 Å². The molecule has 26 heavy (non-hydrogen) atoms. The number of pyridine rings is 1. The van der Waals surface area contributed by atoms with Crippen LogP contribution in [0.2, 0.25) is 0 Å². The van der Waals surface area contributed by atoms with Gasteiger partial charge in [-0.3, -0.25) is 9.59 Å². The number of rotatable bonds is 4. The van der Waals surface area contributed by atoms with Crippen molar-refractivity contribution in [3.63, 3.8) is 0 Å². The SMILES string of the molecule is Cc1c(C(=O)NCc2nnc(C3CCC3)n2C)c(=O)[nH]c2ccccc12. The lowest BCUT2D eigenvalue weighted by Crippen LogP contribution is -2.31. The van der Waals surface area contributed by atoms with Gasteiger partial charge in [0.05, 0.1) is 6.54 Å². The van der Waals surface area contributed by atoms with E-state index in [0.717, 1.165) is 29.6 Å². The van der Waals surface area contributed by atoms with Crippen molar-refractivity contribution in [2.75, 3.05) is 0 Å². The van der Waals surface area contributed by atoms with E-state index in [1.54, 1.807) is 6.92 Å². The number of H-pyrrole nitrogens is 1. The van der Waals surface area contributed by atoms with Crippen LogP contribution in [0.3, 0.4) is 0 Å². The maximum absolute atomic E-state index is 12.6. The first-order chi connectivity index (χ1) is 12.6. The van der Waals surface area contributed by atoms with Crippen LogP contribution in [0.1, 0.15) is 52.8 Å². The summed E-state index contributed by atoms with van der Waals surface area (Å²) >= 11 is 0. The molecule has 7 heteroatoms. The number of hydrogen-bond acceptors (Lipinski definition) is 4. The Morgan fingerprint density at radius 1 is 1.31 bits per heavy atom. The first kappa shape index (κ1) is 16.5. The van der Waals surface area contributed by atoms with Crippen molar-refractivity contribution in [1.29, 1.82) is 0 Å². The van der Waals surface area contributed by atoms with Crippen molar-refractivity contribution in [2.45, 2.75) is 38.6 Å². The fraction of sp³-hybridized carbons (Fsp3) is 0.368. The van der Waals surface area contributed by atoms with Crippen molar-refractivity contribution in [3.05, 3.63) is 57.4 Å². The average Bonchev–Trinajstić information content (AvgIpc) is 2.92. The van der Waals surface area contributed by atoms with Gasteiger partial charge in [-0.1, -0.05) is 24.6 Å². The second-order valence-electron chi connectivity index (χ2n) is 6.84. The smallest absolute Gasteiger partial charge is 0.261 e. The number of nitrogens with one attached hydrogen (secondary N) is 2. The standard InChI is InChI=1S/C19H21N5O2/c1-11-13-8-3-4-9-14(13)21-19(26)16(11)18(25)20-10-15-22-23-17(24(15)2)12-6-5-7-12/h3-4,8-9,12H,5-7,10H2,1-2H3,(H,20,25)(H,21,26). The minimum Gasteiger partial charge on any atom is -0.345 e. The summed E-state index contributed by atoms with van der Waals surface area (Å²) < 4.78 is 1.95. The molecule has 1 fully saturated rings. The van der Waals surface area contributed by atoms with Gasteiger partial charge >= 0.3 is 0 Å². The predicted octanol–water partition coefficient (Wildman–Crippen LogP) is 2.16. The zero-order chi connectivity index (χ0) is 18.3. The Kier molecular flexibility index (Phi) is 4.06. The molecule has 0 saturated heterocycles. The van der Waals surface area contributed by atoms with E-state index in [0.29, 0.717) is 17.3 Å². The van der Waals surface area contributed by atoms with Crippen LogP contribution >= 0.6 is 0 Å². The minimum absolute atomic E-state index is 0.144. The number of fused-ring (bicyclic) bond motifs is 1. The monoisotopic (exact) mass is 351 g/mol. The largest absolute Gasteiger partial charge is 0.345 e. The maximum atomic E-state index is 12.6. The third kappa shape index (κ3) is 2.69. The summed E-state index contributed by atoms with van der Waals surface area (Å²) in [6.07, 6.45) is 3.52. The zero-order valence-electron chi connectivity index (χ0n) is 14.9. The molecule has 1 aromatic carbocycles. The van der Waals surface area contributed by atoms with Gasteiger partial charge in [-0.25, -0.2) is 0 Å². The molecule has 134 valence electrons. The number of aryl methyl sites for hydroxylation is 1. The number of carbonyl (C=O) groups is 1. The van der Waals surface area contributed by atoms with Crippen LogP contribution in [0, 0.1) is 6.92 Å². The summed E-state index contributed by atoms with van der Waals surface area (Å²) in [5, 5.41) is 12.1. The van der Waals surface area contributed by atoms with E-state index in [1.807, 2.05) is 35.9 Å². The number of nitrogens with zero attached hydrogens (tertiary/aromatic N) is 3. The highest BCUT2D eigenvalue weighted by Gasteiger charge is 2.25. The van der Waals surface area contributed by atoms with Crippen LogP contribution in [0.5, 0.6) is 0 Å². The van der Waals surface area contributed by atoms with E-state index in [4.69, 9.17) is 0 Å². The molecule has 2 aromatic heterocycles. The number of amides is 1. The van der Waals surface area contributed by atoms with Crippen molar-refractivity contribution < 1.29 is 4.79 Å². The topological polar surface area (TPSA) is 92.7 Å². The van der Waals surface area contributed by atoms with Crippen LogP contribution in [0.4, 0.5) is 0 Å². The summed E-state index contributed by atoms with van der Waals surface area (Å²) in [4.78, 5) is 27.8. The van der Waals surface area contributed by atoms with Gasteiger partial charge in [0.1, 0.15) is 11.4 Å². The Labute approximate surface area is 150 Å². The van der Waals surface area contributed by atoms with E-state index in [2.05, 4.69) is 20.5 Å². The van der Waals surface area contributed by atoms with E-state index < -0.39 is 5.91 Å². The minimum atomic E-state index is -0.400. The van der Waals surface area contributed by atoms with E-state index in [9.17, 15) is 9.59 Å². The molecule has 0 bridgehead atoms. The number of aromatic amines is 1. The van der Waals surface area contributed by atoms with Crippen molar-refractivity contribution >= 4 is 16.8 Å². The molecule has 0 aliphatic heterocycles. The van der Waals surface area contributed by atoms with Crippen LogP contribution in [0.25, 0.3) is 10.9 Å². The molecule has 1 aliphatic carbocycles. The van der Waals surface area contributed by atoms with Gasteiger partial charge in [0, 0.05) is 23.9 Å². The zero-order valence-corrected chi connectivity index (χ0v) is 14.9. The summed E-state index contributed by atoms with van der Waals surface area (Å²) in [5.41, 5.74) is 1.16. The molecule has 4 rings (SSSR count). The molecule has 1 saturated carbocycles. The van der Waals surface area contributed by atoms with Crippen LogP contribution in [-0.4, -0.2) is 25.7 Å². The molecule has 7 nitrogen and oxygen atoms in total. The van der Waals surface area contributed by atoms with Gasteiger partial charge in [-0.15, -0.1) is 10.2 Å². The highest BCUT2D eigenvalue weighted by atomic mass is 16.2. The van der Waals surface area contributed by atoms with Crippen LogP contribution in [0.15, 0.2) is 29.1 Å². The second-order valence-corrected chi connectivity index (χ2v) is 6.84. The van der Waals surface area contributed by atoms with Crippen molar-refractivity contribution in [2.24, 2.45) is 7.05 Å². The summed E-state index contributed by atoms with van der Waals surface area (Å²) in [6, 6.07) is 7.46. The van der Waals surface area contributed by atoms with Crippen LogP contribution < -0.4 is 10.9 Å². The quantitative estimate of drug-likeness (QED) is 0.753. The number of hydrogen-bond donors (Lipinski definition) is 2. The molecule has 2 heterocycles. The Morgan fingerprint density at radius 2 is 2.08 bits per heavy atom. The fourth-order valence-electron chi connectivity index (χ4n) is 3.48. The van der Waals surface area contributed by atoms with Gasteiger partial charge in [0.25, 0.3) is 11.5 Å². The third-order valence-electron chi connectivity index (χ3n) is 5.28. The van der Waals surface area contributed by atoms with Crippen LogP contribution in [-0.2, 0) is 13.6 Å². The Morgan fingerprint density at radius 3 is 2.81 bits per heavy atom. The molecule has 0 radical (unpaired) electrons. The van der Waals surface area contributed by atoms with Gasteiger partial charge in [0.15, 0.2) is 5.82 Å². The molecule has 2 N–H and O–H groups in total. The summed E-state index contributed by atoms with van der Waals surface area (Å²) in [5.74, 6) is 1.74. The Balaban J connectivity index is 1.57. The normalized spacial score (nSPS) is 14.4. The summed E-state index contributed by atoms with van der Waals surface area (Å²) in [7, 11) is 1.92. The lowest BCUT2D eigenvalue weighted by Gasteiger charge is -2.24. The molecular formula is C19H21N5O2. The Hall–Kier alpha value is -2.96. The van der Waals surface area contributed by atoms with E-state index in [-0.39, 0.29) is 17.7 Å². The predicted molar refractivity (Wildman–Crippen MR) is 98.1 cm³/mol. The first-order valence-electron chi connectivity index (χ1n) is 8.84. The molecule has 1 aliphatic rings. The molecule has 0 atom stereocenters. The van der Waals surface area contributed by atoms with Gasteiger partial charge in [-0.05, 0) is 31.4 Å². The fourth-order valence-corrected chi connectivity index (χ4v) is 3.48. The second kappa shape index (κ2) is 6.40. The lowest BCUT2D eigenvalue weighted by molar-refractivity contribution is 0.0947. The molecule has 0 unspecified atom stereocenters. The van der Waals surface area contributed by atoms with E-state index >= 15 is 0 Å². The Bertz CT molecular complexity index is 1050. The molecule has 1 amide bonds. The van der Waals surface area contributed by atoms with Gasteiger partial charge in [-0.2, -0.15) is 0 Å². The highest BCUT2D eigenvalue weighted by molar-refractivity contribution is 5.99. The van der Waals surface area contributed by atoms with E-state index in [1.165, 1.54) is 6.42 Å². The average molecular weight is 351 g/mol. The number of aromatic nitrogens is 4. The molecule has 0 spiro atoms. The molecule has 3 aromatic rings. The number of para-hydroxylation sites is 1. The lowest BCUT2D eigenvalue weighted by atomic mass is 9.85. The third-order valence-corrected chi connectivity index (χ3v) is 5.28. The maximum Gasteiger partial charge on any atom is 0.261 e. The van der Waals surface area contributed by atoms with Crippen molar-refractivity contribution in [1.82, 2.24) is 25.1 Å². The first-order valence-corrected chi connectivity index (χ1v) is 8.84. The van der Waals surface area contributed by atoms with Gasteiger partial charge in [0.2, 0.25) is 0 Å². The number of benzene rings is 1. The van der Waals surface area contributed by atoms with Gasteiger partial charge < -0.3 is 14.9 Å². The number of carbonyl (C=O) groups excluding carboxylic acids is 1.